The number of amides is 3. The number of carbonyl (C=O) groups is 2. The smallest absolute Gasteiger partial charge is 0.322 e. The van der Waals surface area contributed by atoms with Crippen molar-refractivity contribution in [2.75, 3.05) is 10.6 Å². The highest BCUT2D eigenvalue weighted by atomic mass is 16.2. The lowest BCUT2D eigenvalue weighted by molar-refractivity contribution is 0.102. The maximum atomic E-state index is 13.6. The number of rotatable bonds is 6. The number of nitrogens with one attached hydrogen (secondary N) is 2. The molecule has 0 aliphatic heterocycles. The summed E-state index contributed by atoms with van der Waals surface area (Å²) in [4.78, 5) is 28.1. The molecule has 36 heavy (non-hydrogen) atoms. The Bertz CT molecular complexity index is 1160. The first-order chi connectivity index (χ1) is 17.4. The maximum absolute atomic E-state index is 13.6. The zero-order valence-corrected chi connectivity index (χ0v) is 21.6. The lowest BCUT2D eigenvalue weighted by Crippen LogP contribution is -2.42. The molecular weight excluding hydrogens is 446 g/mol. The van der Waals surface area contributed by atoms with Crippen LogP contribution in [0.5, 0.6) is 0 Å². The van der Waals surface area contributed by atoms with Crippen LogP contribution < -0.4 is 10.6 Å². The van der Waals surface area contributed by atoms with Crippen molar-refractivity contribution in [1.82, 2.24) is 4.90 Å². The van der Waals surface area contributed by atoms with Crippen molar-refractivity contribution in [3.8, 4) is 0 Å². The van der Waals surface area contributed by atoms with E-state index in [-0.39, 0.29) is 18.0 Å². The fraction of sp³-hybridized carbons (Fsp3) is 0.355. The molecule has 1 saturated carbocycles. The van der Waals surface area contributed by atoms with Gasteiger partial charge >= 0.3 is 6.03 Å². The Hall–Kier alpha value is -3.60. The molecule has 0 spiro atoms. The lowest BCUT2D eigenvalue weighted by Gasteiger charge is -2.32. The Morgan fingerprint density at radius 3 is 2.03 bits per heavy atom. The summed E-state index contributed by atoms with van der Waals surface area (Å²) in [7, 11) is 0. The van der Waals surface area contributed by atoms with Crippen molar-refractivity contribution in [2.24, 2.45) is 0 Å². The van der Waals surface area contributed by atoms with Crippen LogP contribution in [0, 0.1) is 20.8 Å². The number of anilines is 2. The third-order valence-corrected chi connectivity index (χ3v) is 7.04. The highest BCUT2D eigenvalue weighted by molar-refractivity contribution is 6.04. The molecule has 2 N–H and O–H groups in total. The van der Waals surface area contributed by atoms with Crippen molar-refractivity contribution in [3.05, 3.63) is 94.5 Å². The van der Waals surface area contributed by atoms with Gasteiger partial charge in [-0.1, -0.05) is 73.7 Å². The van der Waals surface area contributed by atoms with E-state index in [1.54, 1.807) is 12.1 Å². The molecule has 0 radical (unpaired) electrons. The monoisotopic (exact) mass is 483 g/mol. The molecule has 5 heteroatoms. The van der Waals surface area contributed by atoms with E-state index in [2.05, 4.69) is 29.7 Å². The molecule has 0 saturated heterocycles. The number of carbonyl (C=O) groups excluding carboxylic acids is 2. The third-order valence-electron chi connectivity index (χ3n) is 7.04. The van der Waals surface area contributed by atoms with E-state index < -0.39 is 0 Å². The van der Waals surface area contributed by atoms with Crippen LogP contribution in [0.25, 0.3) is 0 Å². The molecule has 4 rings (SSSR count). The number of nitrogens with zero attached hydrogens (tertiary/aromatic N) is 1. The van der Waals surface area contributed by atoms with Crippen LogP contribution in [0.1, 0.15) is 71.1 Å². The van der Waals surface area contributed by atoms with Gasteiger partial charge in [-0.15, -0.1) is 0 Å². The minimum atomic E-state index is -0.133. The summed E-state index contributed by atoms with van der Waals surface area (Å²) in [5.41, 5.74) is 6.68. The predicted molar refractivity (Wildman–Crippen MR) is 148 cm³/mol. The average molecular weight is 484 g/mol. The number of aryl methyl sites for hydroxylation is 3. The van der Waals surface area contributed by atoms with E-state index in [1.807, 2.05) is 61.2 Å². The SMILES string of the molecule is Cc1cc(C)c(NC(=O)N(Cc2ccc(NC(=O)c3ccccc3)cc2)C2CCCCCC2)c(C)c1. The Kier molecular flexibility index (Phi) is 8.42. The third kappa shape index (κ3) is 6.54. The highest BCUT2D eigenvalue weighted by Gasteiger charge is 2.26. The molecular formula is C31H37N3O2. The van der Waals surface area contributed by atoms with Gasteiger partial charge in [-0.3, -0.25) is 4.79 Å². The largest absolute Gasteiger partial charge is 0.322 e. The van der Waals surface area contributed by atoms with Crippen LogP contribution in [-0.2, 0) is 6.54 Å². The number of hydrogen-bond acceptors (Lipinski definition) is 2. The molecule has 3 aromatic carbocycles. The van der Waals surface area contributed by atoms with E-state index in [0.29, 0.717) is 12.1 Å². The normalized spacial score (nSPS) is 14.1. The number of urea groups is 1. The van der Waals surface area contributed by atoms with Gasteiger partial charge in [-0.25, -0.2) is 4.79 Å². The fourth-order valence-electron chi connectivity index (χ4n) is 5.18. The Morgan fingerprint density at radius 1 is 0.806 bits per heavy atom. The highest BCUT2D eigenvalue weighted by Crippen LogP contribution is 2.27. The molecule has 1 fully saturated rings. The van der Waals surface area contributed by atoms with Gasteiger partial charge in [-0.05, 0) is 74.6 Å². The van der Waals surface area contributed by atoms with Crippen LogP contribution >= 0.6 is 0 Å². The molecule has 0 heterocycles. The molecule has 5 nitrogen and oxygen atoms in total. The first-order valence-electron chi connectivity index (χ1n) is 13.0. The first kappa shape index (κ1) is 25.5. The van der Waals surface area contributed by atoms with E-state index in [9.17, 15) is 9.59 Å². The number of benzene rings is 3. The molecule has 188 valence electrons. The van der Waals surface area contributed by atoms with Crippen molar-refractivity contribution in [2.45, 2.75) is 71.9 Å². The zero-order valence-electron chi connectivity index (χ0n) is 21.6. The maximum Gasteiger partial charge on any atom is 0.322 e. The number of hydrogen-bond donors (Lipinski definition) is 2. The van der Waals surface area contributed by atoms with Crippen LogP contribution in [0.3, 0.4) is 0 Å². The molecule has 0 aromatic heterocycles. The molecule has 1 aliphatic carbocycles. The summed E-state index contributed by atoms with van der Waals surface area (Å²) >= 11 is 0. The average Bonchev–Trinajstić information content (AvgIpc) is 3.15. The fourth-order valence-corrected chi connectivity index (χ4v) is 5.18. The van der Waals surface area contributed by atoms with Crippen molar-refractivity contribution in [3.63, 3.8) is 0 Å². The topological polar surface area (TPSA) is 61.4 Å². The minimum Gasteiger partial charge on any atom is -0.322 e. The first-order valence-corrected chi connectivity index (χ1v) is 13.0. The molecule has 0 atom stereocenters. The van der Waals surface area contributed by atoms with Gasteiger partial charge in [0.15, 0.2) is 0 Å². The summed E-state index contributed by atoms with van der Waals surface area (Å²) in [6, 6.07) is 21.4. The predicted octanol–water partition coefficient (Wildman–Crippen LogP) is 7.62. The molecule has 1 aliphatic rings. The standard InChI is InChI=1S/C31H37N3O2/c1-22-19-23(2)29(24(3)20-22)33-31(36)34(28-13-9-4-5-10-14-28)21-25-15-17-27(18-16-25)32-30(35)26-11-7-6-8-12-26/h6-8,11-12,15-20,28H,4-5,9-10,13-14,21H2,1-3H3,(H,32,35)(H,33,36). The van der Waals surface area contributed by atoms with Crippen LogP contribution in [0.4, 0.5) is 16.2 Å². The molecule has 0 unspecified atom stereocenters. The van der Waals surface area contributed by atoms with Crippen molar-refractivity contribution in [1.29, 1.82) is 0 Å². The summed E-state index contributed by atoms with van der Waals surface area (Å²) in [6.45, 7) is 6.71. The van der Waals surface area contributed by atoms with Crippen molar-refractivity contribution >= 4 is 23.3 Å². The van der Waals surface area contributed by atoms with Gasteiger partial charge in [0.2, 0.25) is 0 Å². The van der Waals surface area contributed by atoms with E-state index >= 15 is 0 Å². The molecule has 0 bridgehead atoms. The zero-order chi connectivity index (χ0) is 25.5. The van der Waals surface area contributed by atoms with Gasteiger partial charge < -0.3 is 15.5 Å². The Balaban J connectivity index is 1.50. The van der Waals surface area contributed by atoms with Crippen LogP contribution in [0.2, 0.25) is 0 Å². The van der Waals surface area contributed by atoms with Gasteiger partial charge in [-0.2, -0.15) is 0 Å². The Morgan fingerprint density at radius 2 is 1.42 bits per heavy atom. The lowest BCUT2D eigenvalue weighted by atomic mass is 10.0. The van der Waals surface area contributed by atoms with Crippen LogP contribution in [0.15, 0.2) is 66.7 Å². The minimum absolute atomic E-state index is 0.0431. The quantitative estimate of drug-likeness (QED) is 0.354. The van der Waals surface area contributed by atoms with Crippen molar-refractivity contribution < 1.29 is 9.59 Å². The second kappa shape index (κ2) is 11.9. The van der Waals surface area contributed by atoms with Gasteiger partial charge in [0.1, 0.15) is 0 Å². The summed E-state index contributed by atoms with van der Waals surface area (Å²) in [5.74, 6) is -0.133. The van der Waals surface area contributed by atoms with Crippen LogP contribution in [-0.4, -0.2) is 22.9 Å². The molecule has 3 amide bonds. The van der Waals surface area contributed by atoms with Gasteiger partial charge in [0, 0.05) is 29.5 Å². The summed E-state index contributed by atoms with van der Waals surface area (Å²) < 4.78 is 0. The second-order valence-corrected chi connectivity index (χ2v) is 9.99. The summed E-state index contributed by atoms with van der Waals surface area (Å²) in [6.07, 6.45) is 6.84. The van der Waals surface area contributed by atoms with E-state index in [1.165, 1.54) is 18.4 Å². The Labute approximate surface area is 214 Å². The molecule has 3 aromatic rings. The van der Waals surface area contributed by atoms with Gasteiger partial charge in [0.05, 0.1) is 0 Å². The van der Waals surface area contributed by atoms with E-state index in [4.69, 9.17) is 0 Å². The van der Waals surface area contributed by atoms with E-state index in [0.717, 1.165) is 53.7 Å². The summed E-state index contributed by atoms with van der Waals surface area (Å²) in [5, 5.41) is 6.18. The van der Waals surface area contributed by atoms with Gasteiger partial charge in [0.25, 0.3) is 5.91 Å². The second-order valence-electron chi connectivity index (χ2n) is 9.99.